The average molecular weight is 413 g/mol. The number of halogens is 2. The van der Waals surface area contributed by atoms with Gasteiger partial charge < -0.3 is 5.32 Å². The van der Waals surface area contributed by atoms with Crippen molar-refractivity contribution in [3.63, 3.8) is 0 Å². The molecule has 2 aromatic carbocycles. The quantitative estimate of drug-likeness (QED) is 0.684. The molecule has 0 aromatic heterocycles. The predicted octanol–water partition coefficient (Wildman–Crippen LogP) is 5.61. The van der Waals surface area contributed by atoms with Gasteiger partial charge in [0.1, 0.15) is 0 Å². The first-order chi connectivity index (χ1) is 9.70. The first-order valence-electron chi connectivity index (χ1n) is 6.66. The third-order valence-corrected chi connectivity index (χ3v) is 5.67. The zero-order valence-corrected chi connectivity index (χ0v) is 14.9. The lowest BCUT2D eigenvalue weighted by atomic mass is 10.2. The molecule has 0 atom stereocenters. The van der Waals surface area contributed by atoms with Crippen LogP contribution >= 0.6 is 43.6 Å². The maximum absolute atomic E-state index is 3.69. The lowest BCUT2D eigenvalue weighted by Gasteiger charge is -2.08. The molecule has 20 heavy (non-hydrogen) atoms. The second-order valence-electron chi connectivity index (χ2n) is 4.98. The molecule has 0 bridgehead atoms. The monoisotopic (exact) mass is 411 g/mol. The minimum atomic E-state index is 0.754. The number of rotatable bonds is 5. The summed E-state index contributed by atoms with van der Waals surface area (Å²) in [4.78, 5) is 2.49. The smallest absolute Gasteiger partial charge is 0.0318 e. The summed E-state index contributed by atoms with van der Waals surface area (Å²) in [5.41, 5.74) is 1.34. The second kappa shape index (κ2) is 6.65. The molecule has 1 N–H and O–H groups in total. The molecule has 4 heteroatoms. The van der Waals surface area contributed by atoms with E-state index in [-0.39, 0.29) is 0 Å². The molecular weight excluding hydrogens is 398 g/mol. The molecule has 0 radical (unpaired) electrons. The Kier molecular flexibility index (Phi) is 4.87. The van der Waals surface area contributed by atoms with Gasteiger partial charge in [0, 0.05) is 31.3 Å². The largest absolute Gasteiger partial charge is 0.310 e. The molecule has 0 aliphatic heterocycles. The van der Waals surface area contributed by atoms with Gasteiger partial charge in [0.25, 0.3) is 0 Å². The van der Waals surface area contributed by atoms with Crippen LogP contribution in [0.25, 0.3) is 0 Å². The van der Waals surface area contributed by atoms with Crippen LogP contribution in [0.2, 0.25) is 0 Å². The summed E-state index contributed by atoms with van der Waals surface area (Å²) in [6.45, 7) is 0.963. The summed E-state index contributed by atoms with van der Waals surface area (Å²) in [6.07, 6.45) is 2.66. The van der Waals surface area contributed by atoms with Gasteiger partial charge >= 0.3 is 0 Å². The Morgan fingerprint density at radius 1 is 1.10 bits per heavy atom. The van der Waals surface area contributed by atoms with Crippen LogP contribution in [0.1, 0.15) is 18.4 Å². The van der Waals surface area contributed by atoms with Gasteiger partial charge in [-0.2, -0.15) is 0 Å². The fourth-order valence-corrected chi connectivity index (χ4v) is 4.04. The molecule has 0 unspecified atom stereocenters. The molecule has 0 saturated heterocycles. The van der Waals surface area contributed by atoms with Crippen molar-refractivity contribution in [1.29, 1.82) is 0 Å². The summed E-state index contributed by atoms with van der Waals surface area (Å²) >= 11 is 8.97. The van der Waals surface area contributed by atoms with E-state index in [1.807, 2.05) is 6.07 Å². The molecule has 1 saturated carbocycles. The van der Waals surface area contributed by atoms with Gasteiger partial charge in [-0.15, -0.1) is 0 Å². The van der Waals surface area contributed by atoms with Crippen molar-refractivity contribution in [2.24, 2.45) is 0 Å². The fraction of sp³-hybridized carbons (Fsp3) is 0.250. The van der Waals surface area contributed by atoms with Crippen LogP contribution in [0.5, 0.6) is 0 Å². The second-order valence-corrected chi connectivity index (χ2v) is 7.86. The first kappa shape index (κ1) is 14.6. The topological polar surface area (TPSA) is 12.0 Å². The molecule has 1 aliphatic rings. The van der Waals surface area contributed by atoms with Crippen LogP contribution in [0.15, 0.2) is 61.2 Å². The minimum Gasteiger partial charge on any atom is -0.310 e. The van der Waals surface area contributed by atoms with Crippen molar-refractivity contribution < 1.29 is 0 Å². The molecule has 0 heterocycles. The van der Waals surface area contributed by atoms with E-state index in [9.17, 15) is 0 Å². The maximum atomic E-state index is 3.69. The Balaban J connectivity index is 1.69. The molecular formula is C16H15Br2NS. The number of hydrogen-bond donors (Lipinski definition) is 1. The Hall–Kier alpha value is -0.290. The summed E-state index contributed by atoms with van der Waals surface area (Å²) in [5.74, 6) is 0. The number of hydrogen-bond acceptors (Lipinski definition) is 2. The van der Waals surface area contributed by atoms with Crippen molar-refractivity contribution in [3.05, 3.63) is 57.0 Å². The lowest BCUT2D eigenvalue weighted by molar-refractivity contribution is 0.687. The van der Waals surface area contributed by atoms with E-state index >= 15 is 0 Å². The molecule has 2 aromatic rings. The molecule has 1 nitrogen and oxygen atoms in total. The fourth-order valence-electron chi connectivity index (χ4n) is 1.94. The lowest BCUT2D eigenvalue weighted by Crippen LogP contribution is -2.15. The van der Waals surface area contributed by atoms with Crippen molar-refractivity contribution >= 4 is 43.6 Å². The van der Waals surface area contributed by atoms with Gasteiger partial charge in [-0.1, -0.05) is 39.8 Å². The van der Waals surface area contributed by atoms with Crippen LogP contribution in [-0.4, -0.2) is 6.04 Å². The highest BCUT2D eigenvalue weighted by Gasteiger charge is 2.19. The van der Waals surface area contributed by atoms with E-state index in [1.165, 1.54) is 28.2 Å². The van der Waals surface area contributed by atoms with Gasteiger partial charge in [-0.3, -0.25) is 0 Å². The Morgan fingerprint density at radius 3 is 2.65 bits per heavy atom. The number of benzene rings is 2. The van der Waals surface area contributed by atoms with Gasteiger partial charge in [0.2, 0.25) is 0 Å². The van der Waals surface area contributed by atoms with Crippen LogP contribution in [0.4, 0.5) is 0 Å². The summed E-state index contributed by atoms with van der Waals surface area (Å²) < 4.78 is 2.28. The Bertz CT molecular complexity index is 611. The minimum absolute atomic E-state index is 0.754. The van der Waals surface area contributed by atoms with Gasteiger partial charge in [0.05, 0.1) is 0 Å². The van der Waals surface area contributed by atoms with E-state index in [1.54, 1.807) is 11.8 Å². The van der Waals surface area contributed by atoms with E-state index in [4.69, 9.17) is 0 Å². The van der Waals surface area contributed by atoms with Crippen LogP contribution in [-0.2, 0) is 6.54 Å². The highest BCUT2D eigenvalue weighted by molar-refractivity contribution is 9.10. The zero-order chi connectivity index (χ0) is 13.9. The van der Waals surface area contributed by atoms with Gasteiger partial charge in [-0.05, 0) is 64.7 Å². The molecule has 104 valence electrons. The Morgan fingerprint density at radius 2 is 1.95 bits per heavy atom. The normalized spacial score (nSPS) is 14.5. The standard InChI is InChI=1S/C16H15Br2NS/c17-12-2-1-3-14(9-12)20-16-7-4-11(8-15(16)18)10-19-13-5-6-13/h1-4,7-9,13,19H,5-6,10H2. The molecule has 3 rings (SSSR count). The van der Waals surface area contributed by atoms with Crippen molar-refractivity contribution in [2.75, 3.05) is 0 Å². The highest BCUT2D eigenvalue weighted by atomic mass is 79.9. The van der Waals surface area contributed by atoms with Crippen LogP contribution in [0, 0.1) is 0 Å². The van der Waals surface area contributed by atoms with Crippen molar-refractivity contribution in [1.82, 2.24) is 5.32 Å². The van der Waals surface area contributed by atoms with Crippen molar-refractivity contribution in [3.8, 4) is 0 Å². The third-order valence-electron chi connectivity index (χ3n) is 3.19. The maximum Gasteiger partial charge on any atom is 0.0318 e. The SMILES string of the molecule is Brc1cccc(Sc2ccc(CNC3CC3)cc2Br)c1. The summed E-state index contributed by atoms with van der Waals surface area (Å²) in [5, 5.41) is 3.54. The number of nitrogens with one attached hydrogen (secondary N) is 1. The first-order valence-corrected chi connectivity index (χ1v) is 9.06. The van der Waals surface area contributed by atoms with Crippen LogP contribution in [0.3, 0.4) is 0 Å². The molecule has 1 aliphatic carbocycles. The zero-order valence-electron chi connectivity index (χ0n) is 10.9. The van der Waals surface area contributed by atoms with Crippen molar-refractivity contribution in [2.45, 2.75) is 35.2 Å². The van der Waals surface area contributed by atoms with E-state index in [0.717, 1.165) is 21.5 Å². The van der Waals surface area contributed by atoms with Crippen LogP contribution < -0.4 is 5.32 Å². The van der Waals surface area contributed by atoms with E-state index in [0.29, 0.717) is 0 Å². The summed E-state index contributed by atoms with van der Waals surface area (Å²) in [7, 11) is 0. The summed E-state index contributed by atoms with van der Waals surface area (Å²) in [6, 6.07) is 15.8. The van der Waals surface area contributed by atoms with E-state index < -0.39 is 0 Å². The third kappa shape index (κ3) is 4.10. The molecule has 0 spiro atoms. The molecule has 1 fully saturated rings. The average Bonchev–Trinajstić information content (AvgIpc) is 3.23. The highest BCUT2D eigenvalue weighted by Crippen LogP contribution is 2.35. The Labute approximate surface area is 140 Å². The molecule has 0 amide bonds. The predicted molar refractivity (Wildman–Crippen MR) is 92.3 cm³/mol. The van der Waals surface area contributed by atoms with E-state index in [2.05, 4.69) is 73.6 Å². The van der Waals surface area contributed by atoms with Gasteiger partial charge in [0.15, 0.2) is 0 Å². The van der Waals surface area contributed by atoms with Gasteiger partial charge in [-0.25, -0.2) is 0 Å².